The second-order valence-electron chi connectivity index (χ2n) is 5.71. The minimum absolute atomic E-state index is 0.0785. The Kier molecular flexibility index (Phi) is 5.49. The highest BCUT2D eigenvalue weighted by Crippen LogP contribution is 2.28. The van der Waals surface area contributed by atoms with E-state index in [1.165, 1.54) is 0 Å². The largest absolute Gasteiger partial charge is 0.431 e. The van der Waals surface area contributed by atoms with Crippen LogP contribution in [0.25, 0.3) is 0 Å². The number of carbonyl (C=O) groups is 1. The van der Waals surface area contributed by atoms with Gasteiger partial charge in [0.15, 0.2) is 6.23 Å². The summed E-state index contributed by atoms with van der Waals surface area (Å²) >= 11 is 0. The fraction of sp³-hybridized carbons (Fsp3) is 0.692. The van der Waals surface area contributed by atoms with Gasteiger partial charge in [0, 0.05) is 0 Å². The number of H-pyrrole nitrogens is 1. The second kappa shape index (κ2) is 7.21. The number of aliphatic hydroxyl groups is 2. The molecule has 1 aliphatic rings. The van der Waals surface area contributed by atoms with Gasteiger partial charge in [-0.15, -0.1) is 0 Å². The molecule has 2 rings (SSSR count). The second-order valence-corrected chi connectivity index (χ2v) is 5.71. The normalized spacial score (nSPS) is 28.1. The van der Waals surface area contributed by atoms with Gasteiger partial charge in [0.2, 0.25) is 6.29 Å². The third-order valence-electron chi connectivity index (χ3n) is 3.64. The third-order valence-corrected chi connectivity index (χ3v) is 3.64. The Morgan fingerprint density at radius 1 is 1.42 bits per heavy atom. The molecular weight excluding hydrogens is 324 g/mol. The van der Waals surface area contributed by atoms with Crippen molar-refractivity contribution in [2.24, 2.45) is 5.92 Å². The highest BCUT2D eigenvalue weighted by Gasteiger charge is 2.47. The zero-order chi connectivity index (χ0) is 18.0. The van der Waals surface area contributed by atoms with E-state index in [0.29, 0.717) is 4.68 Å². The van der Waals surface area contributed by atoms with Crippen molar-refractivity contribution >= 4 is 5.97 Å². The molecule has 0 saturated carbocycles. The highest BCUT2D eigenvalue weighted by molar-refractivity contribution is 5.76. The molecule has 134 valence electrons. The monoisotopic (exact) mass is 344 g/mol. The van der Waals surface area contributed by atoms with Crippen molar-refractivity contribution in [3.63, 3.8) is 0 Å². The summed E-state index contributed by atoms with van der Waals surface area (Å²) in [5, 5.41) is 26.3. The van der Waals surface area contributed by atoms with Crippen LogP contribution in [0.2, 0.25) is 0 Å². The topological polar surface area (TPSA) is 156 Å². The highest BCUT2D eigenvalue weighted by atomic mass is 16.7. The molecule has 0 aliphatic carbocycles. The van der Waals surface area contributed by atoms with E-state index < -0.39 is 48.0 Å². The molecule has 11 nitrogen and oxygen atoms in total. The van der Waals surface area contributed by atoms with Crippen LogP contribution in [0.1, 0.15) is 20.1 Å². The van der Waals surface area contributed by atoms with Crippen molar-refractivity contribution in [2.45, 2.75) is 44.6 Å². The van der Waals surface area contributed by atoms with Gasteiger partial charge in [-0.1, -0.05) is 13.8 Å². The van der Waals surface area contributed by atoms with Crippen molar-refractivity contribution in [1.29, 1.82) is 0 Å². The van der Waals surface area contributed by atoms with Gasteiger partial charge >= 0.3 is 11.7 Å². The minimum Gasteiger partial charge on any atom is -0.431 e. The molecule has 0 amide bonds. The van der Waals surface area contributed by atoms with Crippen LogP contribution in [-0.2, 0) is 14.3 Å². The number of rotatable bonds is 5. The van der Waals surface area contributed by atoms with E-state index in [-0.39, 0.29) is 5.92 Å². The third kappa shape index (κ3) is 3.53. The number of carbonyl (C=O) groups excluding carboxylic acids is 1. The molecule has 0 aromatic carbocycles. The first-order chi connectivity index (χ1) is 11.3. The van der Waals surface area contributed by atoms with E-state index in [4.69, 9.17) is 9.47 Å². The number of aliphatic hydroxyl groups excluding tert-OH is 2. The Balaban J connectivity index is 2.16. The maximum atomic E-state index is 12.1. The lowest BCUT2D eigenvalue weighted by Crippen LogP contribution is -2.43. The summed E-state index contributed by atoms with van der Waals surface area (Å²) in [6.45, 7) is 3.60. The van der Waals surface area contributed by atoms with E-state index in [1.54, 1.807) is 20.9 Å². The quantitative estimate of drug-likeness (QED) is 0.417. The lowest BCUT2D eigenvalue weighted by atomic mass is 10.1. The summed E-state index contributed by atoms with van der Waals surface area (Å²) in [4.78, 5) is 36.8. The van der Waals surface area contributed by atoms with Crippen LogP contribution in [0.4, 0.5) is 0 Å². The molecule has 0 radical (unpaired) electrons. The zero-order valence-electron chi connectivity index (χ0n) is 13.4. The first kappa shape index (κ1) is 18.3. The van der Waals surface area contributed by atoms with Crippen molar-refractivity contribution in [2.75, 3.05) is 7.05 Å². The van der Waals surface area contributed by atoms with Crippen LogP contribution in [0, 0.1) is 5.92 Å². The minimum atomic E-state index is -1.58. The molecule has 24 heavy (non-hydrogen) atoms. The van der Waals surface area contributed by atoms with Crippen LogP contribution in [0.15, 0.2) is 15.8 Å². The van der Waals surface area contributed by atoms with E-state index in [0.717, 1.165) is 6.20 Å². The number of hydrogen-bond donors (Lipinski definition) is 4. The van der Waals surface area contributed by atoms with Gasteiger partial charge in [-0.3, -0.25) is 14.6 Å². The average Bonchev–Trinajstić information content (AvgIpc) is 2.76. The maximum Gasteiger partial charge on any atom is 0.347 e. The van der Waals surface area contributed by atoms with Crippen LogP contribution < -0.4 is 16.6 Å². The summed E-state index contributed by atoms with van der Waals surface area (Å²) in [5.41, 5.74) is -1.65. The zero-order valence-corrected chi connectivity index (χ0v) is 13.4. The molecule has 0 spiro atoms. The van der Waals surface area contributed by atoms with Gasteiger partial charge < -0.3 is 25.0 Å². The number of aromatic nitrogens is 3. The fourth-order valence-corrected chi connectivity index (χ4v) is 2.38. The molecule has 2 heterocycles. The number of hydrogen-bond acceptors (Lipinski definition) is 9. The van der Waals surface area contributed by atoms with Crippen molar-refractivity contribution in [3.8, 4) is 0 Å². The van der Waals surface area contributed by atoms with Crippen molar-refractivity contribution < 1.29 is 24.5 Å². The maximum absolute atomic E-state index is 12.1. The molecule has 4 N–H and O–H groups in total. The van der Waals surface area contributed by atoms with Gasteiger partial charge in [0.25, 0.3) is 5.56 Å². The van der Waals surface area contributed by atoms with Crippen molar-refractivity contribution in [1.82, 2.24) is 20.1 Å². The number of nitrogens with one attached hydrogen (secondary N) is 2. The predicted molar refractivity (Wildman–Crippen MR) is 78.8 cm³/mol. The molecular formula is C13H20N4O7. The summed E-state index contributed by atoms with van der Waals surface area (Å²) in [6, 6.07) is -0.633. The summed E-state index contributed by atoms with van der Waals surface area (Å²) in [5.74, 6) is -0.753. The number of ether oxygens (including phenoxy) is 2. The van der Waals surface area contributed by atoms with E-state index in [9.17, 15) is 24.6 Å². The summed E-state index contributed by atoms with van der Waals surface area (Å²) < 4.78 is 11.0. The molecule has 1 aromatic rings. The first-order valence-corrected chi connectivity index (χ1v) is 7.33. The molecule has 11 heteroatoms. The molecule has 0 unspecified atom stereocenters. The number of likely N-dealkylation sites (N-methyl/N-ethyl adjacent to an activating group) is 1. The number of aromatic amines is 1. The summed E-state index contributed by atoms with van der Waals surface area (Å²) in [7, 11) is 1.58. The molecule has 5 atom stereocenters. The Hall–Kier alpha value is -2.08. The standard InChI is InChI=1S/C13H20N4O7/c1-5(2)7(14-3)11(21)24-12-9(20)8(19)10(23-12)17-13(22)16-6(18)4-15-17/h4-5,7-10,12,14,19-20H,1-3H3,(H,16,18,22)/t7-,8-,9+,10-,12-/m1/s1. The van der Waals surface area contributed by atoms with E-state index >= 15 is 0 Å². The summed E-state index contributed by atoms with van der Waals surface area (Å²) in [6.07, 6.45) is -5.23. The smallest absolute Gasteiger partial charge is 0.347 e. The van der Waals surface area contributed by atoms with Crippen molar-refractivity contribution in [3.05, 3.63) is 27.0 Å². The fourth-order valence-electron chi connectivity index (χ4n) is 2.38. The Morgan fingerprint density at radius 3 is 2.62 bits per heavy atom. The van der Waals surface area contributed by atoms with Crippen LogP contribution in [0.5, 0.6) is 0 Å². The van der Waals surface area contributed by atoms with Gasteiger partial charge in [0.1, 0.15) is 24.4 Å². The van der Waals surface area contributed by atoms with Gasteiger partial charge in [0.05, 0.1) is 0 Å². The number of nitrogens with zero attached hydrogens (tertiary/aromatic N) is 2. The first-order valence-electron chi connectivity index (χ1n) is 7.33. The van der Waals surface area contributed by atoms with E-state index in [1.807, 2.05) is 4.98 Å². The number of esters is 1. The van der Waals surface area contributed by atoms with Crippen LogP contribution in [-0.4, -0.2) is 62.5 Å². The Morgan fingerprint density at radius 2 is 2.08 bits per heavy atom. The SMILES string of the molecule is CN[C@@H](C(=O)O[C@H]1O[C@@H](n2ncc(=O)[nH]c2=O)[C@H](O)[C@@H]1O)C(C)C. The lowest BCUT2D eigenvalue weighted by molar-refractivity contribution is -0.197. The van der Waals surface area contributed by atoms with Gasteiger partial charge in [-0.2, -0.15) is 9.78 Å². The van der Waals surface area contributed by atoms with Gasteiger partial charge in [-0.25, -0.2) is 4.79 Å². The Labute approximate surface area is 136 Å². The van der Waals surface area contributed by atoms with Crippen LogP contribution >= 0.6 is 0 Å². The lowest BCUT2D eigenvalue weighted by Gasteiger charge is -2.22. The average molecular weight is 344 g/mol. The molecule has 1 saturated heterocycles. The Bertz CT molecular complexity index is 700. The molecule has 1 aliphatic heterocycles. The molecule has 1 aromatic heterocycles. The molecule has 0 bridgehead atoms. The van der Waals surface area contributed by atoms with Crippen LogP contribution in [0.3, 0.4) is 0 Å². The molecule has 1 fully saturated rings. The van der Waals surface area contributed by atoms with E-state index in [2.05, 4.69) is 10.4 Å². The van der Waals surface area contributed by atoms with Gasteiger partial charge in [-0.05, 0) is 13.0 Å². The predicted octanol–water partition coefficient (Wildman–Crippen LogP) is -2.70.